The van der Waals surface area contributed by atoms with Gasteiger partial charge in [0.1, 0.15) is 0 Å². The van der Waals surface area contributed by atoms with Crippen molar-refractivity contribution in [3.63, 3.8) is 0 Å². The van der Waals surface area contributed by atoms with Crippen molar-refractivity contribution in [1.82, 2.24) is 9.13 Å². The molecule has 8 aromatic rings. The molecule has 0 radical (unpaired) electrons. The molecule has 0 aliphatic rings. The van der Waals surface area contributed by atoms with Crippen molar-refractivity contribution in [2.45, 2.75) is 0 Å². The number of aromatic nitrogens is 2. The molecule has 0 unspecified atom stereocenters. The summed E-state index contributed by atoms with van der Waals surface area (Å²) in [4.78, 5) is 0. The quantitative estimate of drug-likeness (QED) is 0.230. The minimum absolute atomic E-state index is 0.0137. The van der Waals surface area contributed by atoms with Gasteiger partial charge in [0.2, 0.25) is 0 Å². The van der Waals surface area contributed by atoms with Crippen LogP contribution in [0.4, 0.5) is 0 Å². The number of fused-ring (bicyclic) bond motifs is 6. The Hall–Kier alpha value is -5.08. The molecule has 0 spiro atoms. The highest BCUT2D eigenvalue weighted by Crippen LogP contribution is 2.39. The SMILES string of the molecule is [2H]c1c([2H])c([2H])c(-c2cccc(-n3c4ccccc4c4cccc(-n5c6c([2H])c([2H])c([2H])c([2H])c6c6c([2H])c([2H])c([2H])c([2H])c65)c43)c2)c([2H])c1[2H]. The van der Waals surface area contributed by atoms with Gasteiger partial charge in [0.25, 0.3) is 0 Å². The fourth-order valence-corrected chi connectivity index (χ4v) is 5.31. The van der Waals surface area contributed by atoms with Gasteiger partial charge in [-0.25, -0.2) is 0 Å². The first-order chi connectivity index (χ1) is 24.3. The van der Waals surface area contributed by atoms with Crippen LogP contribution < -0.4 is 0 Å². The topological polar surface area (TPSA) is 9.86 Å². The molecule has 2 heteroatoms. The first-order valence-corrected chi connectivity index (χ1v) is 12.0. The van der Waals surface area contributed by atoms with Crippen LogP contribution in [0.15, 0.2) is 145 Å². The Morgan fingerprint density at radius 2 is 1.11 bits per heavy atom. The van der Waals surface area contributed by atoms with E-state index in [1.165, 1.54) is 4.57 Å². The third kappa shape index (κ3) is 3.01. The van der Waals surface area contributed by atoms with Crippen LogP contribution >= 0.6 is 0 Å². The summed E-state index contributed by atoms with van der Waals surface area (Å²) in [5.41, 5.74) is 2.54. The summed E-state index contributed by atoms with van der Waals surface area (Å²) < 4.78 is 115. The van der Waals surface area contributed by atoms with Crippen LogP contribution in [-0.4, -0.2) is 9.13 Å². The van der Waals surface area contributed by atoms with Crippen molar-refractivity contribution in [3.05, 3.63) is 145 Å². The molecule has 8 rings (SSSR count). The van der Waals surface area contributed by atoms with Gasteiger partial charge in [-0.05, 0) is 47.5 Å². The van der Waals surface area contributed by atoms with E-state index in [2.05, 4.69) is 0 Å². The van der Waals surface area contributed by atoms with E-state index in [-0.39, 0.29) is 39.5 Å². The third-order valence-corrected chi connectivity index (χ3v) is 6.84. The minimum atomic E-state index is -0.532. The summed E-state index contributed by atoms with van der Waals surface area (Å²) in [6.45, 7) is 0. The molecule has 38 heavy (non-hydrogen) atoms. The zero-order valence-electron chi connectivity index (χ0n) is 32.7. The number of benzene rings is 6. The molecule has 0 atom stereocenters. The first-order valence-electron chi connectivity index (χ1n) is 18.5. The molecule has 2 aromatic heterocycles. The van der Waals surface area contributed by atoms with Crippen LogP contribution in [0.2, 0.25) is 0 Å². The van der Waals surface area contributed by atoms with Gasteiger partial charge in [-0.3, -0.25) is 0 Å². The maximum absolute atomic E-state index is 9.03. The number of nitrogens with zero attached hydrogens (tertiary/aromatic N) is 2. The van der Waals surface area contributed by atoms with Crippen molar-refractivity contribution in [3.8, 4) is 22.5 Å². The maximum Gasteiger partial charge on any atom is 0.0782 e. The predicted molar refractivity (Wildman–Crippen MR) is 161 cm³/mol. The smallest absolute Gasteiger partial charge is 0.0782 e. The number of para-hydroxylation sites is 4. The lowest BCUT2D eigenvalue weighted by atomic mass is 10.1. The lowest BCUT2D eigenvalue weighted by Crippen LogP contribution is -2.00. The highest BCUT2D eigenvalue weighted by Gasteiger charge is 2.19. The average molecular weight is 498 g/mol. The van der Waals surface area contributed by atoms with Gasteiger partial charge >= 0.3 is 0 Å². The van der Waals surface area contributed by atoms with E-state index in [4.69, 9.17) is 17.8 Å². The van der Waals surface area contributed by atoms with Crippen LogP contribution in [0, 0.1) is 0 Å². The summed E-state index contributed by atoms with van der Waals surface area (Å²) in [7, 11) is 0. The second-order valence-corrected chi connectivity index (χ2v) is 8.86. The monoisotopic (exact) mass is 497 g/mol. The van der Waals surface area contributed by atoms with Gasteiger partial charge in [-0.2, -0.15) is 0 Å². The molecule has 0 fully saturated rings. The fourth-order valence-electron chi connectivity index (χ4n) is 5.31. The summed E-state index contributed by atoms with van der Waals surface area (Å²) in [5, 5.41) is 1.47. The summed E-state index contributed by atoms with van der Waals surface area (Å²) in [5.74, 6) is 0. The Kier molecular flexibility index (Phi) is 2.59. The Morgan fingerprint density at radius 1 is 0.447 bits per heavy atom. The molecule has 178 valence electrons. The molecule has 0 aliphatic heterocycles. The normalized spacial score (nSPS) is 16.5. The molecule has 0 saturated heterocycles. The molecule has 0 saturated carbocycles. The van der Waals surface area contributed by atoms with Crippen molar-refractivity contribution in [2.75, 3.05) is 0 Å². The Bertz CT molecular complexity index is 2750. The zero-order chi connectivity index (χ0) is 36.4. The summed E-state index contributed by atoms with van der Waals surface area (Å²) >= 11 is 0. The van der Waals surface area contributed by atoms with E-state index in [0.717, 1.165) is 16.3 Å². The molecule has 0 bridgehead atoms. The Balaban J connectivity index is 1.57. The molecule has 0 N–H and O–H groups in total. The van der Waals surface area contributed by atoms with Crippen molar-refractivity contribution in [1.29, 1.82) is 0 Å². The second kappa shape index (κ2) is 8.22. The minimum Gasteiger partial charge on any atom is -0.307 e. The van der Waals surface area contributed by atoms with E-state index in [0.29, 0.717) is 22.5 Å². The van der Waals surface area contributed by atoms with Gasteiger partial charge in [0, 0.05) is 27.2 Å². The molecule has 0 aliphatic carbocycles. The van der Waals surface area contributed by atoms with Crippen LogP contribution in [0.1, 0.15) is 17.8 Å². The molecular weight excluding hydrogens is 460 g/mol. The molecule has 6 aromatic carbocycles. The zero-order valence-corrected chi connectivity index (χ0v) is 19.7. The molecule has 2 nitrogen and oxygen atoms in total. The largest absolute Gasteiger partial charge is 0.307 e. The standard InChI is InChI=1S/C36H24N2/c1-2-12-25(13-3-1)26-14-10-15-27(24-26)37-32-20-7-6-18-30(32)31-19-11-23-35(36(31)37)38-33-21-8-4-16-28(33)29-17-5-9-22-34(29)38/h1-24H/i1D,2D,3D,4D,5D,8D,9D,12D,13D,16D,17D,21D,22D. The van der Waals surface area contributed by atoms with Crippen LogP contribution in [0.5, 0.6) is 0 Å². The summed E-state index contributed by atoms with van der Waals surface area (Å²) in [6, 6.07) is 13.8. The van der Waals surface area contributed by atoms with Crippen LogP contribution in [0.25, 0.3) is 66.1 Å². The number of hydrogen-bond acceptors (Lipinski definition) is 0. The maximum atomic E-state index is 9.03. The second-order valence-electron chi connectivity index (χ2n) is 8.86. The number of rotatable bonds is 3. The van der Waals surface area contributed by atoms with Gasteiger partial charge in [-0.15, -0.1) is 0 Å². The Morgan fingerprint density at radius 3 is 1.89 bits per heavy atom. The van der Waals surface area contributed by atoms with Crippen molar-refractivity contribution >= 4 is 43.6 Å². The first kappa shape index (κ1) is 12.0. The van der Waals surface area contributed by atoms with Gasteiger partial charge in [0.15, 0.2) is 0 Å². The van der Waals surface area contributed by atoms with Crippen molar-refractivity contribution < 1.29 is 17.8 Å². The van der Waals surface area contributed by atoms with E-state index in [1.807, 2.05) is 34.9 Å². The molecule has 2 heterocycles. The Labute approximate surface area is 238 Å². The summed E-state index contributed by atoms with van der Waals surface area (Å²) in [6.07, 6.45) is 0. The average Bonchev–Trinajstić information content (AvgIpc) is 3.67. The van der Waals surface area contributed by atoms with E-state index in [9.17, 15) is 0 Å². The van der Waals surface area contributed by atoms with E-state index < -0.39 is 66.5 Å². The lowest BCUT2D eigenvalue weighted by Gasteiger charge is -2.15. The molecular formula is C36H24N2. The highest BCUT2D eigenvalue weighted by atomic mass is 15.1. The van der Waals surface area contributed by atoms with Gasteiger partial charge in [-0.1, -0.05) is 109 Å². The van der Waals surface area contributed by atoms with Gasteiger partial charge in [0.05, 0.1) is 45.6 Å². The number of hydrogen-bond donors (Lipinski definition) is 0. The van der Waals surface area contributed by atoms with Crippen LogP contribution in [0.3, 0.4) is 0 Å². The lowest BCUT2D eigenvalue weighted by molar-refractivity contribution is 1.13. The predicted octanol–water partition coefficient (Wildman–Crippen LogP) is 9.55. The van der Waals surface area contributed by atoms with E-state index in [1.54, 1.807) is 36.4 Å². The van der Waals surface area contributed by atoms with Gasteiger partial charge < -0.3 is 9.13 Å². The van der Waals surface area contributed by atoms with Crippen LogP contribution in [-0.2, 0) is 0 Å². The highest BCUT2D eigenvalue weighted by molar-refractivity contribution is 6.15. The van der Waals surface area contributed by atoms with E-state index >= 15 is 0 Å². The molecule has 0 amide bonds. The van der Waals surface area contributed by atoms with Crippen molar-refractivity contribution in [2.24, 2.45) is 0 Å². The third-order valence-electron chi connectivity index (χ3n) is 6.84. The fraction of sp³-hybridized carbons (Fsp3) is 0.